The first-order chi connectivity index (χ1) is 11.7. The standard InChI is InChI=1S/C16H17N5S3/c1-10-2-4-11(5-3-10)17-14-19-13(8-22-14)9-23-16-21-20-15(24-16)18-12-6-7-12/h2-5,8,12H,6-7,9H2,1H3,(H,17,19)(H,18,20). The zero-order chi connectivity index (χ0) is 16.4. The van der Waals surface area contributed by atoms with E-state index in [0.717, 1.165) is 31.7 Å². The van der Waals surface area contributed by atoms with E-state index in [1.165, 1.54) is 18.4 Å². The minimum Gasteiger partial charge on any atom is -0.357 e. The average molecular weight is 376 g/mol. The maximum atomic E-state index is 4.64. The first-order valence-corrected chi connectivity index (χ1v) is 10.4. The summed E-state index contributed by atoms with van der Waals surface area (Å²) in [5, 5.41) is 19.1. The number of nitrogens with one attached hydrogen (secondary N) is 2. The number of aryl methyl sites for hydroxylation is 1. The van der Waals surface area contributed by atoms with Gasteiger partial charge in [0.2, 0.25) is 5.13 Å². The van der Waals surface area contributed by atoms with Crippen LogP contribution in [0.25, 0.3) is 0 Å². The van der Waals surface area contributed by atoms with Gasteiger partial charge in [0, 0.05) is 22.9 Å². The summed E-state index contributed by atoms with van der Waals surface area (Å²) in [6.07, 6.45) is 2.50. The quantitative estimate of drug-likeness (QED) is 0.572. The van der Waals surface area contributed by atoms with Crippen LogP contribution >= 0.6 is 34.4 Å². The second kappa shape index (κ2) is 7.08. The van der Waals surface area contributed by atoms with Crippen LogP contribution in [0.1, 0.15) is 24.1 Å². The van der Waals surface area contributed by atoms with Crippen molar-refractivity contribution in [3.05, 3.63) is 40.9 Å². The Labute approximate surface area is 152 Å². The highest BCUT2D eigenvalue weighted by molar-refractivity contribution is 8.00. The van der Waals surface area contributed by atoms with Crippen molar-refractivity contribution in [3.63, 3.8) is 0 Å². The molecule has 8 heteroatoms. The topological polar surface area (TPSA) is 62.7 Å². The number of thioether (sulfide) groups is 1. The van der Waals surface area contributed by atoms with Gasteiger partial charge in [-0.2, -0.15) is 0 Å². The van der Waals surface area contributed by atoms with Gasteiger partial charge in [-0.25, -0.2) is 4.98 Å². The van der Waals surface area contributed by atoms with E-state index in [2.05, 4.69) is 62.4 Å². The van der Waals surface area contributed by atoms with Crippen molar-refractivity contribution in [1.29, 1.82) is 0 Å². The lowest BCUT2D eigenvalue weighted by Crippen LogP contribution is -1.99. The largest absolute Gasteiger partial charge is 0.357 e. The number of benzene rings is 1. The molecule has 1 fully saturated rings. The Kier molecular flexibility index (Phi) is 4.68. The summed E-state index contributed by atoms with van der Waals surface area (Å²) in [5.41, 5.74) is 3.38. The Morgan fingerprint density at radius 1 is 1.17 bits per heavy atom. The van der Waals surface area contributed by atoms with Crippen LogP contribution in [0.2, 0.25) is 0 Å². The summed E-state index contributed by atoms with van der Waals surface area (Å²) in [6.45, 7) is 2.08. The van der Waals surface area contributed by atoms with E-state index in [-0.39, 0.29) is 0 Å². The van der Waals surface area contributed by atoms with Crippen molar-refractivity contribution in [3.8, 4) is 0 Å². The van der Waals surface area contributed by atoms with Gasteiger partial charge in [0.25, 0.3) is 0 Å². The lowest BCUT2D eigenvalue weighted by molar-refractivity contribution is 0.994. The number of anilines is 3. The van der Waals surface area contributed by atoms with Gasteiger partial charge < -0.3 is 10.6 Å². The molecule has 1 aliphatic carbocycles. The van der Waals surface area contributed by atoms with Crippen molar-refractivity contribution in [2.45, 2.75) is 35.9 Å². The summed E-state index contributed by atoms with van der Waals surface area (Å²) in [6, 6.07) is 8.94. The predicted octanol–water partition coefficient (Wildman–Crippen LogP) is 4.91. The summed E-state index contributed by atoms with van der Waals surface area (Å²) in [4.78, 5) is 4.64. The highest BCUT2D eigenvalue weighted by Crippen LogP contribution is 2.32. The lowest BCUT2D eigenvalue weighted by Gasteiger charge is -2.02. The van der Waals surface area contributed by atoms with Crippen molar-refractivity contribution in [2.75, 3.05) is 10.6 Å². The van der Waals surface area contributed by atoms with Gasteiger partial charge >= 0.3 is 0 Å². The Hall–Kier alpha value is -1.64. The maximum absolute atomic E-state index is 4.64. The Bertz CT molecular complexity index is 807. The molecule has 0 spiro atoms. The molecule has 1 aliphatic rings. The van der Waals surface area contributed by atoms with Crippen LogP contribution in [0.15, 0.2) is 34.0 Å². The van der Waals surface area contributed by atoms with Crippen molar-refractivity contribution >= 4 is 50.4 Å². The lowest BCUT2D eigenvalue weighted by atomic mass is 10.2. The molecule has 1 aromatic carbocycles. The summed E-state index contributed by atoms with van der Waals surface area (Å²) in [7, 11) is 0. The molecule has 5 nitrogen and oxygen atoms in total. The van der Waals surface area contributed by atoms with Gasteiger partial charge in [0.05, 0.1) is 5.69 Å². The van der Waals surface area contributed by atoms with E-state index in [0.29, 0.717) is 6.04 Å². The Morgan fingerprint density at radius 3 is 2.79 bits per heavy atom. The zero-order valence-corrected chi connectivity index (χ0v) is 15.6. The van der Waals surface area contributed by atoms with Gasteiger partial charge in [0.1, 0.15) is 0 Å². The molecule has 124 valence electrons. The molecule has 0 radical (unpaired) electrons. The number of hydrogen-bond donors (Lipinski definition) is 2. The smallest absolute Gasteiger partial charge is 0.206 e. The molecule has 0 amide bonds. The third-order valence-electron chi connectivity index (χ3n) is 3.51. The highest BCUT2D eigenvalue weighted by atomic mass is 32.2. The Morgan fingerprint density at radius 2 is 2.00 bits per heavy atom. The van der Waals surface area contributed by atoms with Crippen LogP contribution in [0.4, 0.5) is 16.0 Å². The molecule has 2 aromatic heterocycles. The molecule has 2 heterocycles. The van der Waals surface area contributed by atoms with Crippen LogP contribution in [-0.4, -0.2) is 21.2 Å². The number of rotatable bonds is 7. The summed E-state index contributed by atoms with van der Waals surface area (Å²) in [5.74, 6) is 0.810. The van der Waals surface area contributed by atoms with Gasteiger partial charge in [-0.3, -0.25) is 0 Å². The molecule has 0 unspecified atom stereocenters. The molecule has 2 N–H and O–H groups in total. The fourth-order valence-electron chi connectivity index (χ4n) is 2.06. The molecular formula is C16H17N5S3. The molecule has 1 saturated carbocycles. The highest BCUT2D eigenvalue weighted by Gasteiger charge is 2.22. The first-order valence-electron chi connectivity index (χ1n) is 7.75. The van der Waals surface area contributed by atoms with E-state index in [1.807, 2.05) is 0 Å². The fourth-order valence-corrected chi connectivity index (χ4v) is 4.61. The van der Waals surface area contributed by atoms with Crippen LogP contribution in [0, 0.1) is 6.92 Å². The molecule has 0 bridgehead atoms. The van der Waals surface area contributed by atoms with Gasteiger partial charge in [-0.1, -0.05) is 40.8 Å². The normalized spacial score (nSPS) is 13.9. The zero-order valence-electron chi connectivity index (χ0n) is 13.2. The molecule has 4 rings (SSSR count). The van der Waals surface area contributed by atoms with Gasteiger partial charge in [-0.15, -0.1) is 21.5 Å². The van der Waals surface area contributed by atoms with E-state index < -0.39 is 0 Å². The van der Waals surface area contributed by atoms with E-state index >= 15 is 0 Å². The number of nitrogens with zero attached hydrogens (tertiary/aromatic N) is 3. The van der Waals surface area contributed by atoms with Crippen LogP contribution in [0.5, 0.6) is 0 Å². The van der Waals surface area contributed by atoms with Crippen LogP contribution in [0.3, 0.4) is 0 Å². The number of hydrogen-bond acceptors (Lipinski definition) is 8. The van der Waals surface area contributed by atoms with E-state index in [9.17, 15) is 0 Å². The molecular weight excluding hydrogens is 358 g/mol. The predicted molar refractivity (Wildman–Crippen MR) is 103 cm³/mol. The number of aromatic nitrogens is 3. The van der Waals surface area contributed by atoms with Crippen molar-refractivity contribution < 1.29 is 0 Å². The maximum Gasteiger partial charge on any atom is 0.206 e. The molecule has 0 atom stereocenters. The SMILES string of the molecule is Cc1ccc(Nc2nc(CSc3nnc(NC4CC4)s3)cs2)cc1. The van der Waals surface area contributed by atoms with E-state index in [4.69, 9.17) is 0 Å². The molecule has 0 saturated heterocycles. The van der Waals surface area contributed by atoms with Gasteiger partial charge in [-0.05, 0) is 31.9 Å². The monoisotopic (exact) mass is 375 g/mol. The van der Waals surface area contributed by atoms with E-state index in [1.54, 1.807) is 34.4 Å². The minimum atomic E-state index is 0.616. The summed E-state index contributed by atoms with van der Waals surface area (Å²) < 4.78 is 0.985. The van der Waals surface area contributed by atoms with Crippen molar-refractivity contribution in [1.82, 2.24) is 15.2 Å². The van der Waals surface area contributed by atoms with Gasteiger partial charge in [0.15, 0.2) is 9.47 Å². The first kappa shape index (κ1) is 15.9. The second-order valence-electron chi connectivity index (χ2n) is 5.72. The third kappa shape index (κ3) is 4.25. The van der Waals surface area contributed by atoms with Crippen LogP contribution in [-0.2, 0) is 5.75 Å². The van der Waals surface area contributed by atoms with Crippen LogP contribution < -0.4 is 10.6 Å². The molecule has 24 heavy (non-hydrogen) atoms. The Balaban J connectivity index is 1.31. The average Bonchev–Trinajstić information content (AvgIpc) is 3.09. The second-order valence-corrected chi connectivity index (χ2v) is 8.77. The molecule has 3 aromatic rings. The third-order valence-corrected chi connectivity index (χ3v) is 6.34. The summed E-state index contributed by atoms with van der Waals surface area (Å²) >= 11 is 4.93. The molecule has 0 aliphatic heterocycles. The minimum absolute atomic E-state index is 0.616. The fraction of sp³-hybridized carbons (Fsp3) is 0.312. The number of thiazole rings is 1. The van der Waals surface area contributed by atoms with Crippen molar-refractivity contribution in [2.24, 2.45) is 0 Å².